The Morgan fingerprint density at radius 3 is 2.54 bits per heavy atom. The number of hydrogen-bond donors (Lipinski definition) is 0. The largest absolute Gasteiger partial charge is 0.299 e. The molecule has 3 rings (SSSR count). The minimum absolute atomic E-state index is 0.0403. The molecule has 2 aromatic heterocycles. The van der Waals surface area contributed by atoms with Crippen LogP contribution < -0.4 is 0 Å². The van der Waals surface area contributed by atoms with Crippen LogP contribution >= 0.6 is 22.7 Å². The van der Waals surface area contributed by atoms with Crippen LogP contribution in [0, 0.1) is 18.6 Å². The van der Waals surface area contributed by atoms with E-state index in [9.17, 15) is 13.6 Å². The van der Waals surface area contributed by atoms with E-state index in [1.807, 2.05) is 19.2 Å². The first-order valence-electron chi connectivity index (χ1n) is 7.88. The van der Waals surface area contributed by atoms with Gasteiger partial charge in [-0.3, -0.25) is 4.79 Å². The van der Waals surface area contributed by atoms with Crippen LogP contribution in [0.1, 0.15) is 28.2 Å². The van der Waals surface area contributed by atoms with Gasteiger partial charge in [0.05, 0.1) is 27.7 Å². The molecule has 0 atom stereocenters. The third-order valence-electron chi connectivity index (χ3n) is 3.71. The van der Waals surface area contributed by atoms with E-state index in [1.165, 1.54) is 28.7 Å². The summed E-state index contributed by atoms with van der Waals surface area (Å²) in [5.74, 6) is -1.69. The number of ketones is 1. The number of carbonyl (C=O) groups excluding carboxylic acids is 1. The molecular weight excluding hydrogens is 374 g/mol. The Balaban J connectivity index is 1.77. The summed E-state index contributed by atoms with van der Waals surface area (Å²) in [7, 11) is 0. The summed E-state index contributed by atoms with van der Waals surface area (Å²) in [4.78, 5) is 22.1. The molecule has 0 N–H and O–H groups in total. The van der Waals surface area contributed by atoms with Crippen molar-refractivity contribution in [3.8, 4) is 10.6 Å². The summed E-state index contributed by atoms with van der Waals surface area (Å²) in [5, 5.41) is 3.39. The van der Waals surface area contributed by atoms with Crippen molar-refractivity contribution < 1.29 is 13.6 Å². The fourth-order valence-electron chi connectivity index (χ4n) is 2.52. The van der Waals surface area contributed by atoms with Crippen LogP contribution in [0.3, 0.4) is 0 Å². The first-order valence-corrected chi connectivity index (χ1v) is 9.57. The van der Waals surface area contributed by atoms with Crippen molar-refractivity contribution >= 4 is 34.0 Å². The van der Waals surface area contributed by atoms with E-state index in [2.05, 4.69) is 16.5 Å². The second-order valence-electron chi connectivity index (χ2n) is 5.91. The molecule has 3 aromatic rings. The molecule has 26 heavy (non-hydrogen) atoms. The lowest BCUT2D eigenvalue weighted by Gasteiger charge is -2.03. The molecule has 0 aliphatic rings. The number of carbonyl (C=O) groups is 1. The molecule has 0 radical (unpaired) electrons. The van der Waals surface area contributed by atoms with E-state index < -0.39 is 11.6 Å². The van der Waals surface area contributed by atoms with Crippen molar-refractivity contribution in [3.05, 3.63) is 63.1 Å². The standard InChI is InChI=1S/C19H16F2N2OS2/c1-10(2)18-19(26-11(3)22-18)16-9-25-17(23-16)8-12(24)7-13-14(20)5-4-6-15(13)21/h4-6,9H,1,7-8H2,2-3H3. The molecule has 0 spiro atoms. The summed E-state index contributed by atoms with van der Waals surface area (Å²) in [6.45, 7) is 7.74. The second kappa shape index (κ2) is 7.55. The number of thiazole rings is 2. The number of aryl methyl sites for hydroxylation is 1. The highest BCUT2D eigenvalue weighted by Crippen LogP contribution is 2.34. The molecule has 134 valence electrons. The molecular formula is C19H16F2N2OS2. The second-order valence-corrected chi connectivity index (χ2v) is 8.06. The topological polar surface area (TPSA) is 42.9 Å². The predicted molar refractivity (Wildman–Crippen MR) is 101 cm³/mol. The third-order valence-corrected chi connectivity index (χ3v) is 5.55. The van der Waals surface area contributed by atoms with Gasteiger partial charge in [-0.15, -0.1) is 22.7 Å². The van der Waals surface area contributed by atoms with E-state index in [0.29, 0.717) is 5.01 Å². The van der Waals surface area contributed by atoms with Gasteiger partial charge in [-0.05, 0) is 31.6 Å². The molecule has 0 saturated carbocycles. The maximum Gasteiger partial charge on any atom is 0.144 e. The van der Waals surface area contributed by atoms with E-state index in [0.717, 1.165) is 39.0 Å². The minimum atomic E-state index is -0.704. The van der Waals surface area contributed by atoms with Crippen LogP contribution in [0.4, 0.5) is 8.78 Å². The smallest absolute Gasteiger partial charge is 0.144 e. The van der Waals surface area contributed by atoms with Gasteiger partial charge >= 0.3 is 0 Å². The van der Waals surface area contributed by atoms with Gasteiger partial charge in [-0.2, -0.15) is 0 Å². The van der Waals surface area contributed by atoms with E-state index in [-0.39, 0.29) is 24.2 Å². The molecule has 0 saturated heterocycles. The van der Waals surface area contributed by atoms with Crippen LogP contribution in [-0.4, -0.2) is 15.8 Å². The Bertz CT molecular complexity index is 971. The van der Waals surface area contributed by atoms with E-state index in [1.54, 1.807) is 0 Å². The molecule has 1 aromatic carbocycles. The summed E-state index contributed by atoms with van der Waals surface area (Å²) in [6.07, 6.45) is -0.247. The number of halogens is 2. The first kappa shape index (κ1) is 18.5. The van der Waals surface area contributed by atoms with Crippen LogP contribution in [0.15, 0.2) is 30.2 Å². The fraction of sp³-hybridized carbons (Fsp3) is 0.211. The van der Waals surface area contributed by atoms with Crippen molar-refractivity contribution in [3.63, 3.8) is 0 Å². The number of aromatic nitrogens is 2. The highest BCUT2D eigenvalue weighted by Gasteiger charge is 2.18. The number of hydrogen-bond acceptors (Lipinski definition) is 5. The summed E-state index contributed by atoms with van der Waals surface area (Å²) < 4.78 is 27.4. The molecule has 0 aliphatic heterocycles. The first-order chi connectivity index (χ1) is 12.3. The average Bonchev–Trinajstić information content (AvgIpc) is 3.17. The number of Topliss-reactive ketones (excluding diaryl/α,β-unsaturated/α-hetero) is 1. The maximum atomic E-state index is 13.7. The zero-order valence-electron chi connectivity index (χ0n) is 14.3. The van der Waals surface area contributed by atoms with Crippen molar-refractivity contribution in [2.24, 2.45) is 0 Å². The van der Waals surface area contributed by atoms with Gasteiger partial charge in [0.2, 0.25) is 0 Å². The zero-order valence-corrected chi connectivity index (χ0v) is 15.9. The van der Waals surface area contributed by atoms with Crippen molar-refractivity contribution in [1.29, 1.82) is 0 Å². The molecule has 2 heterocycles. The monoisotopic (exact) mass is 390 g/mol. The molecule has 0 fully saturated rings. The van der Waals surface area contributed by atoms with Crippen LogP contribution in [0.2, 0.25) is 0 Å². The van der Waals surface area contributed by atoms with Gasteiger partial charge < -0.3 is 0 Å². The van der Waals surface area contributed by atoms with Crippen molar-refractivity contribution in [1.82, 2.24) is 9.97 Å². The van der Waals surface area contributed by atoms with Gasteiger partial charge in [0.25, 0.3) is 0 Å². The number of nitrogens with zero attached hydrogens (tertiary/aromatic N) is 2. The van der Waals surface area contributed by atoms with Gasteiger partial charge in [-0.1, -0.05) is 12.6 Å². The summed E-state index contributed by atoms with van der Waals surface area (Å²) >= 11 is 2.87. The quantitative estimate of drug-likeness (QED) is 0.578. The SMILES string of the molecule is C=C(C)c1nc(C)sc1-c1csc(CC(=O)Cc2c(F)cccc2F)n1. The van der Waals surface area contributed by atoms with Crippen LogP contribution in [0.25, 0.3) is 16.1 Å². The Kier molecular flexibility index (Phi) is 5.38. The van der Waals surface area contributed by atoms with E-state index in [4.69, 9.17) is 0 Å². The molecule has 3 nitrogen and oxygen atoms in total. The Morgan fingerprint density at radius 2 is 1.88 bits per heavy atom. The third kappa shape index (κ3) is 3.94. The molecule has 0 bridgehead atoms. The summed E-state index contributed by atoms with van der Waals surface area (Å²) in [6, 6.07) is 3.58. The highest BCUT2D eigenvalue weighted by atomic mass is 32.1. The highest BCUT2D eigenvalue weighted by molar-refractivity contribution is 7.16. The normalized spacial score (nSPS) is 10.9. The average molecular weight is 390 g/mol. The van der Waals surface area contributed by atoms with Gasteiger partial charge in [0, 0.05) is 17.4 Å². The van der Waals surface area contributed by atoms with E-state index >= 15 is 0 Å². The Hall–Kier alpha value is -2.25. The van der Waals surface area contributed by atoms with Crippen molar-refractivity contribution in [2.45, 2.75) is 26.7 Å². The van der Waals surface area contributed by atoms with Gasteiger partial charge in [-0.25, -0.2) is 18.7 Å². The number of allylic oxidation sites excluding steroid dienone is 1. The van der Waals surface area contributed by atoms with Gasteiger partial charge in [0.1, 0.15) is 22.4 Å². The molecule has 0 unspecified atom stereocenters. The lowest BCUT2D eigenvalue weighted by Crippen LogP contribution is -2.09. The zero-order chi connectivity index (χ0) is 18.8. The fourth-order valence-corrected chi connectivity index (χ4v) is 4.36. The molecule has 0 aliphatic carbocycles. The lowest BCUT2D eigenvalue weighted by molar-refractivity contribution is -0.117. The predicted octanol–water partition coefficient (Wildman–Crippen LogP) is 5.24. The lowest BCUT2D eigenvalue weighted by atomic mass is 10.1. The van der Waals surface area contributed by atoms with Gasteiger partial charge in [0.15, 0.2) is 0 Å². The molecule has 0 amide bonds. The maximum absolute atomic E-state index is 13.7. The summed E-state index contributed by atoms with van der Waals surface area (Å²) in [5.41, 5.74) is 2.21. The minimum Gasteiger partial charge on any atom is -0.299 e. The number of benzene rings is 1. The Morgan fingerprint density at radius 1 is 1.19 bits per heavy atom. The Labute approximate surface area is 158 Å². The van der Waals surface area contributed by atoms with Crippen LogP contribution in [0.5, 0.6) is 0 Å². The van der Waals surface area contributed by atoms with Crippen molar-refractivity contribution in [2.75, 3.05) is 0 Å². The molecule has 7 heteroatoms. The van der Waals surface area contributed by atoms with Crippen LogP contribution in [-0.2, 0) is 17.6 Å². The number of rotatable bonds is 6.